The third-order valence-electron chi connectivity index (χ3n) is 6.04. The van der Waals surface area contributed by atoms with Crippen LogP contribution in [-0.2, 0) is 35.5 Å². The molecule has 1 heterocycles. The molecule has 0 spiro atoms. The van der Waals surface area contributed by atoms with Crippen molar-refractivity contribution in [3.05, 3.63) is 111 Å². The zero-order valence-corrected chi connectivity index (χ0v) is 20.9. The summed E-state index contributed by atoms with van der Waals surface area (Å²) in [5.74, 6) is -0.437. The first-order chi connectivity index (χ1) is 17.1. The lowest BCUT2D eigenvalue weighted by Gasteiger charge is -2.25. The third kappa shape index (κ3) is 4.86. The molecule has 1 aromatic heterocycles. The lowest BCUT2D eigenvalue weighted by Crippen LogP contribution is -2.41. The lowest BCUT2D eigenvalue weighted by atomic mass is 10.1. The Balaban J connectivity index is 1.72. The number of aryl methyl sites for hydroxylation is 1. The third-order valence-corrected chi connectivity index (χ3v) is 7.46. The number of hydrogen-bond donors (Lipinski definition) is 1. The summed E-state index contributed by atoms with van der Waals surface area (Å²) in [5.41, 5.74) is 0.560. The van der Waals surface area contributed by atoms with Crippen LogP contribution in [0, 0.1) is 0 Å². The van der Waals surface area contributed by atoms with E-state index in [1.165, 1.54) is 41.8 Å². The van der Waals surface area contributed by atoms with Gasteiger partial charge in [0.25, 0.3) is 5.56 Å². The van der Waals surface area contributed by atoms with Gasteiger partial charge in [-0.3, -0.25) is 18.7 Å². The van der Waals surface area contributed by atoms with Crippen molar-refractivity contribution in [2.24, 2.45) is 14.1 Å². The molecule has 0 unspecified atom stereocenters. The Hall–Kier alpha value is -4.02. The first kappa shape index (κ1) is 25.1. The van der Waals surface area contributed by atoms with Crippen molar-refractivity contribution in [1.82, 2.24) is 18.8 Å². The summed E-state index contributed by atoms with van der Waals surface area (Å²) >= 11 is 0. The number of carbonyl (C=O) groups is 1. The molecule has 0 aliphatic heterocycles. The molecular weight excluding hydrogens is 480 g/mol. The predicted octanol–water partition coefficient (Wildman–Crippen LogP) is 1.92. The van der Waals surface area contributed by atoms with Gasteiger partial charge in [0.05, 0.1) is 15.8 Å². The predicted molar refractivity (Wildman–Crippen MR) is 137 cm³/mol. The van der Waals surface area contributed by atoms with Gasteiger partial charge in [-0.05, 0) is 29.3 Å². The van der Waals surface area contributed by atoms with Crippen LogP contribution in [0.5, 0.6) is 0 Å². The van der Waals surface area contributed by atoms with Crippen LogP contribution in [0.15, 0.2) is 93.3 Å². The highest BCUT2D eigenvalue weighted by atomic mass is 32.2. The number of rotatable bonds is 7. The molecule has 4 aromatic rings. The molecule has 0 radical (unpaired) electrons. The standard InChI is InChI=1S/C26H26N4O5S/c1-28(17-18-10-6-4-7-11-18)25(32)23(19-12-8-5-9-13-19)27-36(34,35)20-14-15-22-21(16-20)24(31)30(3)26(33)29(22)2/h4-16,23,27H,17H2,1-3H3/t23-/m1/s1. The molecule has 36 heavy (non-hydrogen) atoms. The summed E-state index contributed by atoms with van der Waals surface area (Å²) in [4.78, 5) is 39.6. The Morgan fingerprint density at radius 1 is 0.917 bits per heavy atom. The van der Waals surface area contributed by atoms with Crippen molar-refractivity contribution in [3.8, 4) is 0 Å². The van der Waals surface area contributed by atoms with Crippen molar-refractivity contribution in [1.29, 1.82) is 0 Å². The Kier molecular flexibility index (Phi) is 6.91. The fourth-order valence-corrected chi connectivity index (χ4v) is 5.23. The van der Waals surface area contributed by atoms with Crippen LogP contribution >= 0.6 is 0 Å². The van der Waals surface area contributed by atoms with Gasteiger partial charge < -0.3 is 4.90 Å². The summed E-state index contributed by atoms with van der Waals surface area (Å²) < 4.78 is 31.6. The van der Waals surface area contributed by atoms with E-state index < -0.39 is 33.2 Å². The van der Waals surface area contributed by atoms with E-state index in [1.807, 2.05) is 30.3 Å². The van der Waals surface area contributed by atoms with Crippen LogP contribution in [-0.4, -0.2) is 35.4 Å². The molecule has 10 heteroatoms. The van der Waals surface area contributed by atoms with E-state index in [-0.39, 0.29) is 10.3 Å². The van der Waals surface area contributed by atoms with Crippen molar-refractivity contribution < 1.29 is 13.2 Å². The summed E-state index contributed by atoms with van der Waals surface area (Å²) in [7, 11) is 0.208. The van der Waals surface area contributed by atoms with Crippen LogP contribution in [0.2, 0.25) is 0 Å². The molecule has 9 nitrogen and oxygen atoms in total. The van der Waals surface area contributed by atoms with Crippen molar-refractivity contribution in [2.45, 2.75) is 17.5 Å². The SMILES string of the molecule is CN(Cc1ccccc1)C(=O)[C@H](NS(=O)(=O)c1ccc2c(c1)c(=O)n(C)c(=O)n2C)c1ccccc1. The monoisotopic (exact) mass is 506 g/mol. The van der Waals surface area contributed by atoms with Gasteiger partial charge in [0.15, 0.2) is 0 Å². The number of hydrogen-bond acceptors (Lipinski definition) is 5. The van der Waals surface area contributed by atoms with Crippen LogP contribution in [0.25, 0.3) is 10.9 Å². The average Bonchev–Trinajstić information content (AvgIpc) is 2.89. The summed E-state index contributed by atoms with van der Waals surface area (Å²) in [6, 6.07) is 20.7. The Bertz CT molecular complexity index is 1650. The fraction of sp³-hybridized carbons (Fsp3) is 0.192. The second kappa shape index (κ2) is 9.92. The van der Waals surface area contributed by atoms with Crippen molar-refractivity contribution in [3.63, 3.8) is 0 Å². The maximum absolute atomic E-state index is 13.5. The lowest BCUT2D eigenvalue weighted by molar-refractivity contribution is -0.132. The molecule has 0 saturated heterocycles. The zero-order chi connectivity index (χ0) is 26.0. The molecule has 0 aliphatic rings. The highest BCUT2D eigenvalue weighted by Crippen LogP contribution is 2.22. The number of fused-ring (bicyclic) bond motifs is 1. The minimum atomic E-state index is -4.24. The fourth-order valence-electron chi connectivity index (χ4n) is 4.03. The highest BCUT2D eigenvalue weighted by Gasteiger charge is 2.30. The van der Waals surface area contributed by atoms with Gasteiger partial charge in [0, 0.05) is 27.7 Å². The minimum absolute atomic E-state index is 0.0752. The molecule has 1 amide bonds. The second-order valence-electron chi connectivity index (χ2n) is 8.53. The zero-order valence-electron chi connectivity index (χ0n) is 20.1. The van der Waals surface area contributed by atoms with Gasteiger partial charge in [-0.1, -0.05) is 60.7 Å². The van der Waals surface area contributed by atoms with E-state index in [1.54, 1.807) is 37.4 Å². The number of aromatic nitrogens is 2. The van der Waals surface area contributed by atoms with Crippen molar-refractivity contribution >= 4 is 26.8 Å². The Labute approximate surface area is 208 Å². The highest BCUT2D eigenvalue weighted by molar-refractivity contribution is 7.89. The van der Waals surface area contributed by atoms with E-state index in [0.717, 1.165) is 10.1 Å². The van der Waals surface area contributed by atoms with E-state index in [0.29, 0.717) is 17.6 Å². The first-order valence-corrected chi connectivity index (χ1v) is 12.6. The van der Waals surface area contributed by atoms with E-state index in [9.17, 15) is 22.8 Å². The molecule has 0 fully saturated rings. The molecule has 0 saturated carbocycles. The van der Waals surface area contributed by atoms with Gasteiger partial charge in [0.1, 0.15) is 6.04 Å². The maximum atomic E-state index is 13.5. The Morgan fingerprint density at radius 3 is 2.17 bits per heavy atom. The van der Waals surface area contributed by atoms with Crippen LogP contribution in [0.3, 0.4) is 0 Å². The number of carbonyl (C=O) groups excluding carboxylic acids is 1. The summed E-state index contributed by atoms with van der Waals surface area (Å²) in [6.45, 7) is 0.296. The van der Waals surface area contributed by atoms with Gasteiger partial charge in [0.2, 0.25) is 15.9 Å². The number of nitrogens with zero attached hydrogens (tertiary/aromatic N) is 3. The maximum Gasteiger partial charge on any atom is 0.330 e. The summed E-state index contributed by atoms with van der Waals surface area (Å²) in [5, 5.41) is 0.0752. The number of sulfonamides is 1. The number of likely N-dealkylation sites (N-methyl/N-ethyl adjacent to an activating group) is 1. The normalized spacial score (nSPS) is 12.4. The van der Waals surface area contributed by atoms with Gasteiger partial charge >= 0.3 is 5.69 Å². The van der Waals surface area contributed by atoms with Crippen LogP contribution in [0.4, 0.5) is 0 Å². The summed E-state index contributed by atoms with van der Waals surface area (Å²) in [6.07, 6.45) is 0. The number of benzene rings is 3. The van der Waals surface area contributed by atoms with E-state index >= 15 is 0 Å². The molecule has 1 atom stereocenters. The molecule has 0 aliphatic carbocycles. The van der Waals surface area contributed by atoms with Gasteiger partial charge in [-0.25, -0.2) is 13.2 Å². The Morgan fingerprint density at radius 2 is 1.53 bits per heavy atom. The number of nitrogens with one attached hydrogen (secondary N) is 1. The molecule has 186 valence electrons. The minimum Gasteiger partial charge on any atom is -0.340 e. The molecule has 0 bridgehead atoms. The quantitative estimate of drug-likeness (QED) is 0.412. The molecule has 4 rings (SSSR count). The van der Waals surface area contributed by atoms with Gasteiger partial charge in [-0.15, -0.1) is 0 Å². The van der Waals surface area contributed by atoms with E-state index in [2.05, 4.69) is 4.72 Å². The van der Waals surface area contributed by atoms with Crippen LogP contribution < -0.4 is 16.0 Å². The van der Waals surface area contributed by atoms with Crippen LogP contribution in [0.1, 0.15) is 17.2 Å². The average molecular weight is 507 g/mol. The largest absolute Gasteiger partial charge is 0.340 e. The molecule has 3 aromatic carbocycles. The first-order valence-electron chi connectivity index (χ1n) is 11.2. The van der Waals surface area contributed by atoms with Gasteiger partial charge in [-0.2, -0.15) is 4.72 Å². The molecular formula is C26H26N4O5S. The van der Waals surface area contributed by atoms with Crippen molar-refractivity contribution in [2.75, 3.05) is 7.05 Å². The topological polar surface area (TPSA) is 110 Å². The number of amides is 1. The smallest absolute Gasteiger partial charge is 0.330 e. The molecule has 1 N–H and O–H groups in total. The second-order valence-corrected chi connectivity index (χ2v) is 10.2. The van der Waals surface area contributed by atoms with E-state index in [4.69, 9.17) is 0 Å².